The first kappa shape index (κ1) is 13.7. The third kappa shape index (κ3) is 3.61. The highest BCUT2D eigenvalue weighted by molar-refractivity contribution is 7.98. The van der Waals surface area contributed by atoms with Gasteiger partial charge in [0.15, 0.2) is 0 Å². The molecule has 0 atom stereocenters. The van der Waals surface area contributed by atoms with E-state index in [9.17, 15) is 4.79 Å². The summed E-state index contributed by atoms with van der Waals surface area (Å²) in [5.41, 5.74) is 3.73. The van der Waals surface area contributed by atoms with Crippen LogP contribution in [0.2, 0.25) is 0 Å². The lowest BCUT2D eigenvalue weighted by molar-refractivity contribution is 0.102. The largest absolute Gasteiger partial charge is 0.322 e. The lowest BCUT2D eigenvalue weighted by Gasteiger charge is -2.08. The highest BCUT2D eigenvalue weighted by atomic mass is 32.2. The van der Waals surface area contributed by atoms with Crippen molar-refractivity contribution in [3.63, 3.8) is 0 Å². The predicted octanol–water partition coefficient (Wildman–Crippen LogP) is 4.28. The number of aryl methyl sites for hydroxylation is 2. The summed E-state index contributed by atoms with van der Waals surface area (Å²) in [6, 6.07) is 13.7. The molecule has 1 amide bonds. The Kier molecular flexibility index (Phi) is 4.27. The highest BCUT2D eigenvalue weighted by Gasteiger charge is 2.07. The molecule has 3 heteroatoms. The summed E-state index contributed by atoms with van der Waals surface area (Å²) in [4.78, 5) is 13.3. The quantitative estimate of drug-likeness (QED) is 0.844. The summed E-state index contributed by atoms with van der Waals surface area (Å²) in [7, 11) is 0. The number of carbonyl (C=O) groups excluding carboxylic acids is 1. The molecule has 1 N–H and O–H groups in total. The fourth-order valence-electron chi connectivity index (χ4n) is 2.01. The zero-order valence-corrected chi connectivity index (χ0v) is 12.2. The first-order valence-electron chi connectivity index (χ1n) is 6.12. The number of benzene rings is 2. The molecule has 2 rings (SSSR count). The van der Waals surface area contributed by atoms with Gasteiger partial charge in [-0.15, -0.1) is 11.8 Å². The van der Waals surface area contributed by atoms with Gasteiger partial charge in [0.05, 0.1) is 0 Å². The molecule has 0 unspecified atom stereocenters. The van der Waals surface area contributed by atoms with Crippen molar-refractivity contribution < 1.29 is 4.79 Å². The van der Waals surface area contributed by atoms with E-state index in [1.165, 1.54) is 0 Å². The van der Waals surface area contributed by atoms with Crippen molar-refractivity contribution in [1.82, 2.24) is 0 Å². The van der Waals surface area contributed by atoms with Crippen molar-refractivity contribution >= 4 is 23.4 Å². The van der Waals surface area contributed by atoms with E-state index >= 15 is 0 Å². The van der Waals surface area contributed by atoms with Gasteiger partial charge in [0.25, 0.3) is 5.91 Å². The number of hydrogen-bond donors (Lipinski definition) is 1. The van der Waals surface area contributed by atoms with E-state index in [-0.39, 0.29) is 5.91 Å². The molecule has 19 heavy (non-hydrogen) atoms. The smallest absolute Gasteiger partial charge is 0.255 e. The zero-order chi connectivity index (χ0) is 13.8. The van der Waals surface area contributed by atoms with Crippen LogP contribution in [0.25, 0.3) is 0 Å². The summed E-state index contributed by atoms with van der Waals surface area (Å²) in [5.74, 6) is -0.0648. The number of amides is 1. The van der Waals surface area contributed by atoms with E-state index in [0.29, 0.717) is 5.56 Å². The highest BCUT2D eigenvalue weighted by Crippen LogP contribution is 2.19. The molecule has 0 radical (unpaired) electrons. The minimum atomic E-state index is -0.0648. The van der Waals surface area contributed by atoms with Crippen LogP contribution in [0, 0.1) is 13.8 Å². The number of hydrogen-bond acceptors (Lipinski definition) is 2. The minimum absolute atomic E-state index is 0.0648. The Balaban J connectivity index is 2.20. The van der Waals surface area contributed by atoms with Gasteiger partial charge in [-0.05, 0) is 50.4 Å². The number of nitrogens with one attached hydrogen (secondary N) is 1. The van der Waals surface area contributed by atoms with Gasteiger partial charge in [-0.1, -0.05) is 23.3 Å². The maximum absolute atomic E-state index is 12.2. The first-order chi connectivity index (χ1) is 9.08. The van der Waals surface area contributed by atoms with Gasteiger partial charge >= 0.3 is 0 Å². The molecule has 0 aliphatic rings. The molecular formula is C16H17NOS. The molecule has 0 saturated carbocycles. The maximum Gasteiger partial charge on any atom is 0.255 e. The van der Waals surface area contributed by atoms with E-state index in [4.69, 9.17) is 0 Å². The third-order valence-corrected chi connectivity index (χ3v) is 3.54. The first-order valence-corrected chi connectivity index (χ1v) is 7.34. The lowest BCUT2D eigenvalue weighted by atomic mass is 10.1. The molecule has 0 heterocycles. The monoisotopic (exact) mass is 271 g/mol. The van der Waals surface area contributed by atoms with E-state index in [2.05, 4.69) is 11.4 Å². The number of thioether (sulfide) groups is 1. The maximum atomic E-state index is 12.2. The van der Waals surface area contributed by atoms with Crippen molar-refractivity contribution in [2.75, 3.05) is 11.6 Å². The predicted molar refractivity (Wildman–Crippen MR) is 82.1 cm³/mol. The second-order valence-electron chi connectivity index (χ2n) is 4.56. The molecule has 0 aromatic heterocycles. The molecule has 2 aromatic rings. The summed E-state index contributed by atoms with van der Waals surface area (Å²) in [6.45, 7) is 4.00. The second kappa shape index (κ2) is 5.93. The molecular weight excluding hydrogens is 254 g/mol. The number of rotatable bonds is 3. The molecule has 0 bridgehead atoms. The third-order valence-electron chi connectivity index (χ3n) is 2.81. The van der Waals surface area contributed by atoms with E-state index in [1.807, 2.05) is 56.5 Å². The molecule has 0 aliphatic carbocycles. The molecule has 98 valence electrons. The summed E-state index contributed by atoms with van der Waals surface area (Å²) in [6.07, 6.45) is 2.02. The van der Waals surface area contributed by atoms with E-state index in [0.717, 1.165) is 21.7 Å². The van der Waals surface area contributed by atoms with Gasteiger partial charge in [0.1, 0.15) is 0 Å². The summed E-state index contributed by atoms with van der Waals surface area (Å²) >= 11 is 1.66. The Morgan fingerprint density at radius 2 is 1.74 bits per heavy atom. The van der Waals surface area contributed by atoms with Gasteiger partial charge in [-0.3, -0.25) is 4.79 Å². The Hall–Kier alpha value is -1.74. The Bertz CT molecular complexity index is 587. The fraction of sp³-hybridized carbons (Fsp3) is 0.188. The summed E-state index contributed by atoms with van der Waals surface area (Å²) in [5, 5.41) is 2.94. The van der Waals surface area contributed by atoms with Crippen LogP contribution in [0.3, 0.4) is 0 Å². The van der Waals surface area contributed by atoms with Crippen molar-refractivity contribution in [3.05, 3.63) is 59.2 Å². The van der Waals surface area contributed by atoms with Crippen LogP contribution in [0.4, 0.5) is 5.69 Å². The van der Waals surface area contributed by atoms with Crippen LogP contribution in [-0.4, -0.2) is 12.2 Å². The average Bonchev–Trinajstić information content (AvgIpc) is 2.37. The number of anilines is 1. The van der Waals surface area contributed by atoms with Crippen LogP contribution >= 0.6 is 11.8 Å². The Labute approximate surface area is 118 Å². The van der Waals surface area contributed by atoms with Gasteiger partial charge in [0, 0.05) is 16.1 Å². The van der Waals surface area contributed by atoms with Crippen molar-refractivity contribution in [2.45, 2.75) is 18.7 Å². The SMILES string of the molecule is CSc1cccc(NC(=O)c2cc(C)cc(C)c2)c1. The Morgan fingerprint density at radius 3 is 2.37 bits per heavy atom. The molecule has 0 aliphatic heterocycles. The van der Waals surface area contributed by atoms with Crippen LogP contribution in [-0.2, 0) is 0 Å². The molecule has 0 fully saturated rings. The molecule has 2 aromatic carbocycles. The van der Waals surface area contributed by atoms with E-state index < -0.39 is 0 Å². The lowest BCUT2D eigenvalue weighted by Crippen LogP contribution is -2.12. The zero-order valence-electron chi connectivity index (χ0n) is 11.4. The van der Waals surface area contributed by atoms with Crippen LogP contribution in [0.15, 0.2) is 47.4 Å². The van der Waals surface area contributed by atoms with Gasteiger partial charge in [-0.25, -0.2) is 0 Å². The second-order valence-corrected chi connectivity index (χ2v) is 5.44. The van der Waals surface area contributed by atoms with Gasteiger partial charge in [-0.2, -0.15) is 0 Å². The van der Waals surface area contributed by atoms with Crippen molar-refractivity contribution in [3.8, 4) is 0 Å². The number of carbonyl (C=O) groups is 1. The normalized spacial score (nSPS) is 10.3. The van der Waals surface area contributed by atoms with Crippen LogP contribution in [0.1, 0.15) is 21.5 Å². The minimum Gasteiger partial charge on any atom is -0.322 e. The fourth-order valence-corrected chi connectivity index (χ4v) is 2.47. The van der Waals surface area contributed by atoms with E-state index in [1.54, 1.807) is 11.8 Å². The average molecular weight is 271 g/mol. The van der Waals surface area contributed by atoms with Crippen molar-refractivity contribution in [1.29, 1.82) is 0 Å². The van der Waals surface area contributed by atoms with Gasteiger partial charge in [0.2, 0.25) is 0 Å². The van der Waals surface area contributed by atoms with Crippen molar-refractivity contribution in [2.24, 2.45) is 0 Å². The molecule has 2 nitrogen and oxygen atoms in total. The summed E-state index contributed by atoms with van der Waals surface area (Å²) < 4.78 is 0. The topological polar surface area (TPSA) is 29.1 Å². The Morgan fingerprint density at radius 1 is 1.05 bits per heavy atom. The standard InChI is InChI=1S/C16H17NOS/c1-11-7-12(2)9-13(8-11)16(18)17-14-5-4-6-15(10-14)19-3/h4-10H,1-3H3,(H,17,18). The molecule has 0 spiro atoms. The van der Waals surface area contributed by atoms with Crippen LogP contribution in [0.5, 0.6) is 0 Å². The van der Waals surface area contributed by atoms with Gasteiger partial charge < -0.3 is 5.32 Å². The molecule has 0 saturated heterocycles. The van der Waals surface area contributed by atoms with Crippen LogP contribution < -0.4 is 5.32 Å².